The zero-order valence-electron chi connectivity index (χ0n) is 4.76. The maximum Gasteiger partial charge on any atom is 1.00 e. The summed E-state index contributed by atoms with van der Waals surface area (Å²) in [6.45, 7) is 4.75. The van der Waals surface area contributed by atoms with Gasteiger partial charge in [-0.1, -0.05) is 0 Å². The van der Waals surface area contributed by atoms with Gasteiger partial charge >= 0.3 is 51.4 Å². The van der Waals surface area contributed by atoms with Crippen molar-refractivity contribution < 1.29 is 55.6 Å². The molecule has 0 aromatic rings. The van der Waals surface area contributed by atoms with Crippen LogP contribution in [0.1, 0.15) is 0 Å². The smallest absolute Gasteiger partial charge is 0.512 e. The van der Waals surface area contributed by atoms with E-state index in [9.17, 15) is 4.21 Å². The Morgan fingerprint density at radius 2 is 1.43 bits per heavy atom. The fourth-order valence-electron chi connectivity index (χ4n) is 0. The van der Waals surface area contributed by atoms with Crippen LogP contribution >= 0.6 is 0 Å². The van der Waals surface area contributed by atoms with Crippen LogP contribution in [0.15, 0.2) is 0 Å². The molecule has 2 nitrogen and oxygen atoms in total. The summed E-state index contributed by atoms with van der Waals surface area (Å²) in [6.07, 6.45) is 3.28. The Morgan fingerprint density at radius 1 is 1.43 bits per heavy atom. The number of hydrogen-bond acceptors (Lipinski definition) is 2. The van der Waals surface area contributed by atoms with Crippen LogP contribution in [0, 0.1) is 11.8 Å². The van der Waals surface area contributed by atoms with Crippen LogP contribution in [-0.4, -0.2) is 16.7 Å². The van der Waals surface area contributed by atoms with Crippen molar-refractivity contribution in [2.24, 2.45) is 0 Å². The minimum Gasteiger partial charge on any atom is -0.512 e. The Labute approximate surface area is 89.2 Å². The van der Waals surface area contributed by atoms with Crippen molar-refractivity contribution in [1.29, 1.82) is 5.26 Å². The van der Waals surface area contributed by atoms with Crippen LogP contribution in [-0.2, 0) is 10.8 Å². The van der Waals surface area contributed by atoms with E-state index in [0.717, 1.165) is 0 Å². The Balaban J connectivity index is -0.0000000480. The van der Waals surface area contributed by atoms with Gasteiger partial charge < -0.3 is 11.8 Å². The summed E-state index contributed by atoms with van der Waals surface area (Å²) in [5, 5.41) is 6.25. The van der Waals surface area contributed by atoms with Crippen molar-refractivity contribution in [2.45, 2.75) is 0 Å². The second-order valence-corrected chi connectivity index (χ2v) is 2.22. The molecule has 0 N–H and O–H groups in total. The molecule has 0 rings (SSSR count). The molecule has 0 fully saturated rings. The standard InChI is InChI=1S/C2H6OS.CN.K/c1-4(2)3;1-2;/h1-2H3;;/q;-1;+1. The Kier molecular flexibility index (Phi) is 35.2. The first-order chi connectivity index (χ1) is 2.73. The Morgan fingerprint density at radius 3 is 1.43 bits per heavy atom. The largest absolute Gasteiger partial charge is 1.00 e. The van der Waals surface area contributed by atoms with Gasteiger partial charge in [-0.3, -0.25) is 4.21 Å². The SMILES string of the molecule is CS(C)=O.[C-]#N.[K+]. The quantitative estimate of drug-likeness (QED) is 0.269. The van der Waals surface area contributed by atoms with Gasteiger partial charge in [0, 0.05) is 23.3 Å². The van der Waals surface area contributed by atoms with Gasteiger partial charge in [0.05, 0.1) is 0 Å². The van der Waals surface area contributed by atoms with Crippen molar-refractivity contribution in [2.75, 3.05) is 12.5 Å². The summed E-state index contributed by atoms with van der Waals surface area (Å²) in [5.74, 6) is 0. The maximum absolute atomic E-state index is 9.56. The molecule has 0 unspecified atom stereocenters. The molecule has 0 spiro atoms. The van der Waals surface area contributed by atoms with Crippen molar-refractivity contribution in [3.8, 4) is 0 Å². The van der Waals surface area contributed by atoms with E-state index in [1.165, 1.54) is 0 Å². The van der Waals surface area contributed by atoms with Crippen molar-refractivity contribution in [3.05, 3.63) is 6.57 Å². The van der Waals surface area contributed by atoms with Crippen LogP contribution in [0.2, 0.25) is 0 Å². The van der Waals surface area contributed by atoms with Gasteiger partial charge in [-0.25, -0.2) is 0 Å². The van der Waals surface area contributed by atoms with Crippen LogP contribution in [0.3, 0.4) is 0 Å². The zero-order valence-corrected chi connectivity index (χ0v) is 8.70. The van der Waals surface area contributed by atoms with E-state index in [2.05, 4.69) is 0 Å². The maximum atomic E-state index is 9.56. The topological polar surface area (TPSA) is 40.9 Å². The van der Waals surface area contributed by atoms with Crippen molar-refractivity contribution in [3.63, 3.8) is 0 Å². The van der Waals surface area contributed by atoms with E-state index >= 15 is 0 Å². The summed E-state index contributed by atoms with van der Waals surface area (Å²) in [7, 11) is -0.611. The first-order valence-corrected chi connectivity index (χ1v) is 3.17. The van der Waals surface area contributed by atoms with Gasteiger partial charge in [-0.15, -0.1) is 0 Å². The normalized spacial score (nSPS) is 5.29. The molecular formula is C3H6KNOS. The molecule has 0 aromatic carbocycles. The molecule has 0 saturated heterocycles. The number of rotatable bonds is 0. The first kappa shape index (κ1) is 15.7. The minimum atomic E-state index is -0.611. The predicted molar refractivity (Wildman–Crippen MR) is 25.0 cm³/mol. The summed E-state index contributed by atoms with van der Waals surface area (Å²) in [6, 6.07) is 0. The van der Waals surface area contributed by atoms with Crippen LogP contribution in [0.5, 0.6) is 0 Å². The molecule has 0 aromatic heterocycles. The molecule has 0 aliphatic heterocycles. The van der Waals surface area contributed by atoms with Gasteiger partial charge in [0.1, 0.15) is 0 Å². The molecule has 0 bridgehead atoms. The number of nitrogens with zero attached hydrogens (tertiary/aromatic N) is 1. The van der Waals surface area contributed by atoms with Crippen LogP contribution in [0.4, 0.5) is 0 Å². The van der Waals surface area contributed by atoms with Gasteiger partial charge in [0.25, 0.3) is 0 Å². The molecular weight excluding hydrogens is 137 g/mol. The molecule has 0 saturated carbocycles. The molecule has 0 amide bonds. The minimum absolute atomic E-state index is 0. The molecule has 0 aliphatic rings. The average molecular weight is 143 g/mol. The number of hydrogen-bond donors (Lipinski definition) is 0. The molecule has 0 heterocycles. The summed E-state index contributed by atoms with van der Waals surface area (Å²) >= 11 is 0. The summed E-state index contributed by atoms with van der Waals surface area (Å²) < 4.78 is 9.56. The fraction of sp³-hybridized carbons (Fsp3) is 0.667. The van der Waals surface area contributed by atoms with E-state index in [0.29, 0.717) is 0 Å². The summed E-state index contributed by atoms with van der Waals surface area (Å²) in [5.41, 5.74) is 0. The fourth-order valence-corrected chi connectivity index (χ4v) is 0. The first-order valence-electron chi connectivity index (χ1n) is 1.21. The third-order valence-electron chi connectivity index (χ3n) is 0. The molecule has 36 valence electrons. The van der Waals surface area contributed by atoms with E-state index in [4.69, 9.17) is 11.8 Å². The van der Waals surface area contributed by atoms with Gasteiger partial charge in [0.2, 0.25) is 0 Å². The monoisotopic (exact) mass is 143 g/mol. The third kappa shape index (κ3) is 124. The Hall–Kier alpha value is 1.28. The van der Waals surface area contributed by atoms with Gasteiger partial charge in [0.15, 0.2) is 0 Å². The van der Waals surface area contributed by atoms with Crippen molar-refractivity contribution >= 4 is 10.8 Å². The second-order valence-electron chi connectivity index (χ2n) is 0.742. The predicted octanol–water partition coefficient (Wildman–Crippen LogP) is -2.90. The van der Waals surface area contributed by atoms with Crippen molar-refractivity contribution in [1.82, 2.24) is 0 Å². The summed E-state index contributed by atoms with van der Waals surface area (Å²) in [4.78, 5) is 0. The van der Waals surface area contributed by atoms with E-state index < -0.39 is 10.8 Å². The van der Waals surface area contributed by atoms with E-state index in [-0.39, 0.29) is 51.4 Å². The zero-order chi connectivity index (χ0) is 5.58. The van der Waals surface area contributed by atoms with Gasteiger partial charge in [-0.2, -0.15) is 0 Å². The average Bonchev–Trinajstić information content (AvgIpc) is 1.41. The molecule has 4 heteroatoms. The molecule has 0 aliphatic carbocycles. The molecule has 0 atom stereocenters. The Bertz CT molecular complexity index is 59.2. The second kappa shape index (κ2) is 15.7. The molecule has 7 heavy (non-hydrogen) atoms. The van der Waals surface area contributed by atoms with E-state index in [1.54, 1.807) is 12.5 Å². The van der Waals surface area contributed by atoms with E-state index in [1.807, 2.05) is 0 Å². The van der Waals surface area contributed by atoms with Crippen LogP contribution in [0.25, 0.3) is 0 Å². The molecule has 0 radical (unpaired) electrons. The third-order valence-corrected chi connectivity index (χ3v) is 0. The van der Waals surface area contributed by atoms with Crippen LogP contribution < -0.4 is 51.4 Å². The van der Waals surface area contributed by atoms with Gasteiger partial charge in [-0.05, 0) is 0 Å².